The molecule has 2 heterocycles. The van der Waals surface area contributed by atoms with Crippen LogP contribution >= 0.6 is 27.7 Å². The van der Waals surface area contributed by atoms with Gasteiger partial charge in [0.1, 0.15) is 5.82 Å². The van der Waals surface area contributed by atoms with Crippen molar-refractivity contribution in [2.24, 2.45) is 0 Å². The van der Waals surface area contributed by atoms with Gasteiger partial charge in [-0.2, -0.15) is 0 Å². The minimum Gasteiger partial charge on any atom is -0.381 e. The van der Waals surface area contributed by atoms with Crippen LogP contribution in [0.5, 0.6) is 0 Å². The van der Waals surface area contributed by atoms with Gasteiger partial charge in [-0.3, -0.25) is 0 Å². The summed E-state index contributed by atoms with van der Waals surface area (Å²) >= 11 is 5.30. The molecule has 4 nitrogen and oxygen atoms in total. The molecule has 0 amide bonds. The number of alkyl halides is 1. The van der Waals surface area contributed by atoms with Crippen LogP contribution in [-0.4, -0.2) is 38.4 Å². The first-order valence-corrected chi connectivity index (χ1v) is 12.0. The van der Waals surface area contributed by atoms with Gasteiger partial charge in [0, 0.05) is 48.5 Å². The number of ether oxygens (including phenoxy) is 4. The Labute approximate surface area is 188 Å². The second-order valence-corrected chi connectivity index (χ2v) is 10.2. The monoisotopic (exact) mass is 494 g/mol. The minimum absolute atomic E-state index is 0.0959. The van der Waals surface area contributed by atoms with Crippen molar-refractivity contribution >= 4 is 27.7 Å². The summed E-state index contributed by atoms with van der Waals surface area (Å²) in [5.74, 6) is -0.912. The highest BCUT2D eigenvalue weighted by Gasteiger charge is 2.50. The minimum atomic E-state index is -0.668. The molecule has 1 unspecified atom stereocenters. The molecule has 0 N–H and O–H groups in total. The van der Waals surface area contributed by atoms with Gasteiger partial charge < -0.3 is 18.9 Å². The summed E-state index contributed by atoms with van der Waals surface area (Å²) in [6.07, 6.45) is 2.29. The van der Waals surface area contributed by atoms with Crippen molar-refractivity contribution in [1.82, 2.24) is 0 Å². The van der Waals surface area contributed by atoms with E-state index in [1.807, 2.05) is 6.07 Å². The molecular weight excluding hydrogens is 471 g/mol. The van der Waals surface area contributed by atoms with E-state index in [-0.39, 0.29) is 10.6 Å². The molecule has 0 radical (unpaired) electrons. The highest BCUT2D eigenvalue weighted by Crippen LogP contribution is 2.48. The smallest absolute Gasteiger partial charge is 0.208 e. The Morgan fingerprint density at radius 1 is 1.03 bits per heavy atom. The number of hydrogen-bond donors (Lipinski definition) is 0. The fourth-order valence-corrected chi connectivity index (χ4v) is 6.56. The SMILES string of the molecule is COC1(c2cc(F)cc(Sc3ccc4c(c3)CC(Br)C43OCCO3)c2)CCOCC1. The van der Waals surface area contributed by atoms with Gasteiger partial charge in [0.25, 0.3) is 0 Å². The van der Waals surface area contributed by atoms with Crippen LogP contribution in [0.1, 0.15) is 29.5 Å². The van der Waals surface area contributed by atoms with Gasteiger partial charge >= 0.3 is 0 Å². The molecule has 1 atom stereocenters. The molecule has 1 aliphatic carbocycles. The van der Waals surface area contributed by atoms with E-state index in [0.717, 1.165) is 40.2 Å². The first-order valence-electron chi connectivity index (χ1n) is 10.2. The summed E-state index contributed by atoms with van der Waals surface area (Å²) in [6.45, 7) is 2.46. The Morgan fingerprint density at radius 3 is 2.53 bits per heavy atom. The molecule has 2 fully saturated rings. The summed E-state index contributed by atoms with van der Waals surface area (Å²) in [4.78, 5) is 2.03. The van der Waals surface area contributed by atoms with E-state index in [4.69, 9.17) is 18.9 Å². The predicted octanol–water partition coefficient (Wildman–Crippen LogP) is 5.15. The van der Waals surface area contributed by atoms with Crippen molar-refractivity contribution in [1.29, 1.82) is 0 Å². The molecule has 2 aliphatic heterocycles. The van der Waals surface area contributed by atoms with Crippen LogP contribution in [0.25, 0.3) is 0 Å². The number of methoxy groups -OCH3 is 1. The molecule has 0 saturated carbocycles. The van der Waals surface area contributed by atoms with E-state index in [1.165, 1.54) is 5.56 Å². The highest BCUT2D eigenvalue weighted by atomic mass is 79.9. The lowest BCUT2D eigenvalue weighted by atomic mass is 9.86. The van der Waals surface area contributed by atoms with Crippen molar-refractivity contribution in [3.05, 3.63) is 58.9 Å². The maximum atomic E-state index is 14.5. The van der Waals surface area contributed by atoms with Crippen LogP contribution in [0.3, 0.4) is 0 Å². The largest absolute Gasteiger partial charge is 0.381 e. The topological polar surface area (TPSA) is 36.9 Å². The van der Waals surface area contributed by atoms with Crippen LogP contribution in [0.2, 0.25) is 0 Å². The summed E-state index contributed by atoms with van der Waals surface area (Å²) in [7, 11) is 1.70. The van der Waals surface area contributed by atoms with Crippen molar-refractivity contribution < 1.29 is 23.3 Å². The second-order valence-electron chi connectivity index (χ2n) is 7.94. The van der Waals surface area contributed by atoms with Crippen molar-refractivity contribution in [3.63, 3.8) is 0 Å². The molecule has 7 heteroatoms. The van der Waals surface area contributed by atoms with Crippen LogP contribution in [0.4, 0.5) is 4.39 Å². The van der Waals surface area contributed by atoms with Gasteiger partial charge in [-0.1, -0.05) is 33.8 Å². The summed E-state index contributed by atoms with van der Waals surface area (Å²) < 4.78 is 37.8. The zero-order valence-electron chi connectivity index (χ0n) is 16.8. The molecule has 1 spiro atoms. The lowest BCUT2D eigenvalue weighted by Crippen LogP contribution is -2.35. The van der Waals surface area contributed by atoms with Gasteiger partial charge in [-0.15, -0.1) is 0 Å². The number of rotatable bonds is 4. The van der Waals surface area contributed by atoms with E-state index in [1.54, 1.807) is 31.0 Å². The Bertz CT molecular complexity index is 941. The van der Waals surface area contributed by atoms with Crippen LogP contribution in [-0.2, 0) is 36.8 Å². The summed E-state index contributed by atoms with van der Waals surface area (Å²) in [5.41, 5.74) is 2.69. The number of hydrogen-bond acceptors (Lipinski definition) is 5. The van der Waals surface area contributed by atoms with E-state index < -0.39 is 11.4 Å². The fourth-order valence-electron chi connectivity index (χ4n) is 4.74. The number of fused-ring (bicyclic) bond motifs is 2. The highest BCUT2D eigenvalue weighted by molar-refractivity contribution is 9.09. The van der Waals surface area contributed by atoms with E-state index in [2.05, 4.69) is 34.1 Å². The first-order chi connectivity index (χ1) is 14.5. The molecule has 2 aromatic carbocycles. The Hall–Kier alpha value is -0.960. The fraction of sp³-hybridized carbons (Fsp3) is 0.478. The Balaban J connectivity index is 1.43. The molecule has 2 saturated heterocycles. The third kappa shape index (κ3) is 3.53. The van der Waals surface area contributed by atoms with Gasteiger partial charge in [-0.25, -0.2) is 4.39 Å². The zero-order valence-corrected chi connectivity index (χ0v) is 19.2. The normalized spacial score (nSPS) is 24.3. The lowest BCUT2D eigenvalue weighted by Gasteiger charge is -2.36. The first kappa shape index (κ1) is 20.9. The van der Waals surface area contributed by atoms with Gasteiger partial charge in [0.05, 0.1) is 23.6 Å². The number of halogens is 2. The molecule has 5 rings (SSSR count). The number of benzene rings is 2. The molecule has 30 heavy (non-hydrogen) atoms. The average molecular weight is 495 g/mol. The van der Waals surface area contributed by atoms with Crippen molar-refractivity contribution in [2.45, 2.75) is 45.3 Å². The van der Waals surface area contributed by atoms with Gasteiger partial charge in [0.2, 0.25) is 5.79 Å². The average Bonchev–Trinajstić information content (AvgIpc) is 3.34. The van der Waals surface area contributed by atoms with E-state index in [0.29, 0.717) is 26.4 Å². The molecule has 3 aliphatic rings. The van der Waals surface area contributed by atoms with Gasteiger partial charge in [-0.05, 0) is 47.9 Å². The molecule has 0 bridgehead atoms. The Kier molecular flexibility index (Phi) is 5.71. The van der Waals surface area contributed by atoms with Gasteiger partial charge in [0.15, 0.2) is 0 Å². The molecule has 160 valence electrons. The third-order valence-electron chi connectivity index (χ3n) is 6.30. The zero-order chi connectivity index (χ0) is 20.8. The van der Waals surface area contributed by atoms with Crippen molar-refractivity contribution in [3.8, 4) is 0 Å². The van der Waals surface area contributed by atoms with Crippen LogP contribution in [0.15, 0.2) is 46.2 Å². The van der Waals surface area contributed by atoms with E-state index >= 15 is 0 Å². The van der Waals surface area contributed by atoms with Crippen LogP contribution in [0, 0.1) is 5.82 Å². The maximum Gasteiger partial charge on any atom is 0.208 e. The summed E-state index contributed by atoms with van der Waals surface area (Å²) in [5, 5.41) is 0. The predicted molar refractivity (Wildman–Crippen MR) is 116 cm³/mol. The molecule has 2 aromatic rings. The van der Waals surface area contributed by atoms with E-state index in [9.17, 15) is 4.39 Å². The van der Waals surface area contributed by atoms with Crippen LogP contribution < -0.4 is 0 Å². The molecular formula is C23H24BrFO4S. The lowest BCUT2D eigenvalue weighted by molar-refractivity contribution is -0.157. The maximum absolute atomic E-state index is 14.5. The third-order valence-corrected chi connectivity index (χ3v) is 8.19. The van der Waals surface area contributed by atoms with Crippen molar-refractivity contribution in [2.75, 3.05) is 33.5 Å². The molecule has 0 aromatic heterocycles. The second kappa shape index (κ2) is 8.19. The summed E-state index contributed by atoms with van der Waals surface area (Å²) in [6, 6.07) is 11.5. The Morgan fingerprint density at radius 2 is 1.80 bits per heavy atom. The standard InChI is InChI=1S/C23H24BrFO4S/c1-26-22(4-6-27-7-5-22)16-12-17(25)14-19(13-16)30-18-2-3-20-15(10-18)11-21(24)23(20)28-8-9-29-23/h2-3,10,12-14,21H,4-9,11H2,1H3. The quantitative estimate of drug-likeness (QED) is 0.549.